The maximum Gasteiger partial charge on any atom is 0.220 e. The molecule has 0 aliphatic heterocycles. The van der Waals surface area contributed by atoms with Crippen LogP contribution in [0.3, 0.4) is 0 Å². The molecule has 2 heterocycles. The fourth-order valence-electron chi connectivity index (χ4n) is 5.00. The van der Waals surface area contributed by atoms with Crippen molar-refractivity contribution >= 4 is 28.4 Å². The SMILES string of the molecule is Cc1ccc(Cn2cc([C@@H](CC(=O)NCCc3ccccn3)c3cccc(C#N)c3Cl)c3ccccc32)cc1. The van der Waals surface area contributed by atoms with Crippen molar-refractivity contribution in [2.24, 2.45) is 0 Å². The predicted octanol–water partition coefficient (Wildman–Crippen LogP) is 6.80. The highest BCUT2D eigenvalue weighted by Gasteiger charge is 2.25. The van der Waals surface area contributed by atoms with Crippen LogP contribution < -0.4 is 5.32 Å². The van der Waals surface area contributed by atoms with Gasteiger partial charge in [-0.15, -0.1) is 0 Å². The molecule has 39 heavy (non-hydrogen) atoms. The zero-order valence-corrected chi connectivity index (χ0v) is 22.5. The highest BCUT2D eigenvalue weighted by atomic mass is 35.5. The van der Waals surface area contributed by atoms with E-state index in [9.17, 15) is 10.1 Å². The Labute approximate surface area is 233 Å². The number of hydrogen-bond donors (Lipinski definition) is 1. The van der Waals surface area contributed by atoms with Gasteiger partial charge in [-0.05, 0) is 47.9 Å². The number of carbonyl (C=O) groups is 1. The number of halogens is 1. The summed E-state index contributed by atoms with van der Waals surface area (Å²) in [6, 6.07) is 30.2. The van der Waals surface area contributed by atoms with E-state index in [1.54, 1.807) is 12.3 Å². The average Bonchev–Trinajstić information content (AvgIpc) is 3.32. The average molecular weight is 533 g/mol. The van der Waals surface area contributed by atoms with Crippen LogP contribution in [-0.2, 0) is 17.8 Å². The summed E-state index contributed by atoms with van der Waals surface area (Å²) in [6.07, 6.45) is 4.74. The van der Waals surface area contributed by atoms with E-state index in [4.69, 9.17) is 11.6 Å². The van der Waals surface area contributed by atoms with Crippen LogP contribution in [0, 0.1) is 18.3 Å². The van der Waals surface area contributed by atoms with Crippen molar-refractivity contribution in [3.8, 4) is 6.07 Å². The number of benzene rings is 3. The number of nitrogens with zero attached hydrogens (tertiary/aromatic N) is 3. The number of aryl methyl sites for hydroxylation is 1. The summed E-state index contributed by atoms with van der Waals surface area (Å²) < 4.78 is 2.23. The van der Waals surface area contributed by atoms with Crippen LogP contribution in [-0.4, -0.2) is 22.0 Å². The first-order chi connectivity index (χ1) is 19.0. The van der Waals surface area contributed by atoms with Gasteiger partial charge >= 0.3 is 0 Å². The standard InChI is InChI=1S/C33H29ClN4O/c1-23-12-14-24(15-13-23)21-38-22-30(27-9-2-3-11-31(27)38)29(28-10-6-7-25(20-35)33(28)34)19-32(39)37-18-16-26-8-4-5-17-36-26/h2-15,17,22,29H,16,18-19,21H2,1H3,(H,37,39)/t29-/m0/s1. The number of carbonyl (C=O) groups excluding carboxylic acids is 1. The Balaban J connectivity index is 1.50. The third-order valence-electron chi connectivity index (χ3n) is 7.01. The first-order valence-electron chi connectivity index (χ1n) is 13.0. The maximum absolute atomic E-state index is 13.3. The van der Waals surface area contributed by atoms with Gasteiger partial charge in [-0.1, -0.05) is 77.8 Å². The molecule has 0 saturated heterocycles. The summed E-state index contributed by atoms with van der Waals surface area (Å²) in [7, 11) is 0. The molecule has 3 aromatic carbocycles. The fraction of sp³-hybridized carbons (Fsp3) is 0.182. The molecule has 1 amide bonds. The zero-order valence-electron chi connectivity index (χ0n) is 21.8. The van der Waals surface area contributed by atoms with Crippen LogP contribution in [0.15, 0.2) is 97.3 Å². The quantitative estimate of drug-likeness (QED) is 0.227. The van der Waals surface area contributed by atoms with Gasteiger partial charge in [-0.25, -0.2) is 0 Å². The Kier molecular flexibility index (Phi) is 8.05. The van der Waals surface area contributed by atoms with Crippen molar-refractivity contribution < 1.29 is 4.79 Å². The van der Waals surface area contributed by atoms with E-state index in [2.05, 4.69) is 70.5 Å². The van der Waals surface area contributed by atoms with Gasteiger partial charge in [0.25, 0.3) is 0 Å². The first-order valence-corrected chi connectivity index (χ1v) is 13.4. The second kappa shape index (κ2) is 12.0. The van der Waals surface area contributed by atoms with Crippen LogP contribution in [0.4, 0.5) is 0 Å². The van der Waals surface area contributed by atoms with Crippen LogP contribution in [0.5, 0.6) is 0 Å². The number of para-hydroxylation sites is 1. The predicted molar refractivity (Wildman–Crippen MR) is 156 cm³/mol. The first kappa shape index (κ1) is 26.2. The summed E-state index contributed by atoms with van der Waals surface area (Å²) in [5.74, 6) is -0.408. The summed E-state index contributed by atoms with van der Waals surface area (Å²) in [5, 5.41) is 14.1. The minimum absolute atomic E-state index is 0.0790. The van der Waals surface area contributed by atoms with Gasteiger partial charge in [-0.3, -0.25) is 9.78 Å². The Bertz CT molecular complexity index is 1630. The summed E-state index contributed by atoms with van der Waals surface area (Å²) in [4.78, 5) is 17.6. The monoisotopic (exact) mass is 532 g/mol. The molecule has 5 aromatic rings. The smallest absolute Gasteiger partial charge is 0.220 e. The van der Waals surface area contributed by atoms with Gasteiger partial charge in [0.1, 0.15) is 6.07 Å². The molecular formula is C33H29ClN4O. The van der Waals surface area contributed by atoms with Gasteiger partial charge < -0.3 is 9.88 Å². The van der Waals surface area contributed by atoms with Crippen molar-refractivity contribution in [1.82, 2.24) is 14.9 Å². The molecule has 0 fully saturated rings. The highest BCUT2D eigenvalue weighted by molar-refractivity contribution is 6.32. The molecular weight excluding hydrogens is 504 g/mol. The molecule has 0 spiro atoms. The molecule has 0 saturated carbocycles. The van der Waals surface area contributed by atoms with E-state index < -0.39 is 0 Å². The third kappa shape index (κ3) is 6.03. The topological polar surface area (TPSA) is 70.7 Å². The van der Waals surface area contributed by atoms with Crippen molar-refractivity contribution in [1.29, 1.82) is 5.26 Å². The minimum atomic E-state index is -0.329. The molecule has 5 nitrogen and oxygen atoms in total. The highest BCUT2D eigenvalue weighted by Crippen LogP contribution is 2.39. The Hall–Kier alpha value is -4.40. The van der Waals surface area contributed by atoms with E-state index in [1.165, 1.54) is 11.1 Å². The number of nitriles is 1. The molecule has 5 rings (SSSR count). The second-order valence-corrected chi connectivity index (χ2v) is 10.1. The summed E-state index contributed by atoms with van der Waals surface area (Å²) in [5.41, 5.74) is 6.61. The molecule has 1 N–H and O–H groups in total. The van der Waals surface area contributed by atoms with Crippen molar-refractivity contribution in [2.75, 3.05) is 6.54 Å². The maximum atomic E-state index is 13.3. The summed E-state index contributed by atoms with van der Waals surface area (Å²) in [6.45, 7) is 3.28. The van der Waals surface area contributed by atoms with Crippen LogP contribution in [0.1, 0.15) is 45.8 Å². The lowest BCUT2D eigenvalue weighted by atomic mass is 9.87. The van der Waals surface area contributed by atoms with E-state index in [0.717, 1.165) is 27.7 Å². The van der Waals surface area contributed by atoms with Crippen molar-refractivity contribution in [3.05, 3.63) is 136 Å². The molecule has 0 aliphatic carbocycles. The number of amides is 1. The van der Waals surface area contributed by atoms with E-state index in [0.29, 0.717) is 30.1 Å². The molecule has 0 unspecified atom stereocenters. The van der Waals surface area contributed by atoms with Gasteiger partial charge in [0, 0.05) is 60.8 Å². The van der Waals surface area contributed by atoms with Gasteiger partial charge in [-0.2, -0.15) is 5.26 Å². The van der Waals surface area contributed by atoms with Crippen molar-refractivity contribution in [2.45, 2.75) is 32.2 Å². The minimum Gasteiger partial charge on any atom is -0.356 e. The molecule has 0 bridgehead atoms. The van der Waals surface area contributed by atoms with Crippen molar-refractivity contribution in [3.63, 3.8) is 0 Å². The Morgan fingerprint density at radius 2 is 1.79 bits per heavy atom. The van der Waals surface area contributed by atoms with E-state index in [-0.39, 0.29) is 18.2 Å². The number of rotatable bonds is 9. The lowest BCUT2D eigenvalue weighted by Gasteiger charge is -2.19. The van der Waals surface area contributed by atoms with Gasteiger partial charge in [0.2, 0.25) is 5.91 Å². The van der Waals surface area contributed by atoms with Gasteiger partial charge in [0.05, 0.1) is 10.6 Å². The molecule has 194 valence electrons. The number of hydrogen-bond acceptors (Lipinski definition) is 3. The Morgan fingerprint density at radius 3 is 2.56 bits per heavy atom. The molecule has 2 aromatic heterocycles. The van der Waals surface area contributed by atoms with E-state index >= 15 is 0 Å². The van der Waals surface area contributed by atoms with Crippen LogP contribution >= 0.6 is 11.6 Å². The largest absolute Gasteiger partial charge is 0.356 e. The number of pyridine rings is 1. The van der Waals surface area contributed by atoms with E-state index in [1.807, 2.05) is 42.5 Å². The molecule has 0 aliphatic rings. The number of nitrogens with one attached hydrogen (secondary N) is 1. The van der Waals surface area contributed by atoms with Crippen LogP contribution in [0.2, 0.25) is 5.02 Å². The second-order valence-electron chi connectivity index (χ2n) is 9.71. The lowest BCUT2D eigenvalue weighted by Crippen LogP contribution is -2.27. The lowest BCUT2D eigenvalue weighted by molar-refractivity contribution is -0.121. The molecule has 6 heteroatoms. The Morgan fingerprint density at radius 1 is 1.00 bits per heavy atom. The number of aromatic nitrogens is 2. The normalized spacial score (nSPS) is 11.7. The number of fused-ring (bicyclic) bond motifs is 1. The summed E-state index contributed by atoms with van der Waals surface area (Å²) >= 11 is 6.75. The fourth-order valence-corrected chi connectivity index (χ4v) is 5.30. The third-order valence-corrected chi connectivity index (χ3v) is 7.43. The molecule has 1 atom stereocenters. The zero-order chi connectivity index (χ0) is 27.2. The molecule has 0 radical (unpaired) electrons. The van der Waals surface area contributed by atoms with Crippen LogP contribution in [0.25, 0.3) is 10.9 Å². The van der Waals surface area contributed by atoms with Gasteiger partial charge in [0.15, 0.2) is 0 Å².